The van der Waals surface area contributed by atoms with E-state index in [1.807, 2.05) is 13.8 Å². The van der Waals surface area contributed by atoms with Crippen molar-refractivity contribution in [2.75, 3.05) is 20.8 Å². The summed E-state index contributed by atoms with van der Waals surface area (Å²) in [6.45, 7) is 3.57. The van der Waals surface area contributed by atoms with E-state index in [9.17, 15) is 13.2 Å². The van der Waals surface area contributed by atoms with Gasteiger partial charge in [0.2, 0.25) is 0 Å². The number of alkyl halides is 3. The van der Waals surface area contributed by atoms with E-state index in [1.54, 1.807) is 30.5 Å². The number of aryl methyl sites for hydroxylation is 2. The average molecular weight is 544 g/mol. The van der Waals surface area contributed by atoms with Crippen molar-refractivity contribution in [2.24, 2.45) is 4.99 Å². The van der Waals surface area contributed by atoms with Gasteiger partial charge in [-0.2, -0.15) is 13.2 Å². The number of aromatic nitrogens is 1. The fourth-order valence-corrected chi connectivity index (χ4v) is 3.29. The summed E-state index contributed by atoms with van der Waals surface area (Å²) in [6.07, 6.45) is -4.40. The van der Waals surface area contributed by atoms with Gasteiger partial charge in [-0.1, -0.05) is 6.07 Å². The molecule has 0 aliphatic carbocycles. The van der Waals surface area contributed by atoms with Crippen LogP contribution in [0, 0.1) is 13.8 Å². The molecule has 0 atom stereocenters. The number of methoxy groups -OCH3 is 1. The number of halogens is 4. The highest BCUT2D eigenvalue weighted by molar-refractivity contribution is 14.0. The number of nitrogens with one attached hydrogen (secondary N) is 2. The van der Waals surface area contributed by atoms with Crippen LogP contribution in [0.2, 0.25) is 0 Å². The fourth-order valence-electron chi connectivity index (χ4n) is 2.41. The van der Waals surface area contributed by atoms with Crippen LogP contribution in [0.15, 0.2) is 23.2 Å². The number of rotatable bonds is 7. The van der Waals surface area contributed by atoms with Crippen LogP contribution >= 0.6 is 35.3 Å². The second-order valence-electron chi connectivity index (χ2n) is 5.91. The molecule has 0 fully saturated rings. The van der Waals surface area contributed by atoms with Crippen molar-refractivity contribution in [1.82, 2.24) is 15.6 Å². The van der Waals surface area contributed by atoms with E-state index in [0.29, 0.717) is 19.0 Å². The van der Waals surface area contributed by atoms with Gasteiger partial charge in [0.1, 0.15) is 0 Å². The molecule has 0 aliphatic heterocycles. The van der Waals surface area contributed by atoms with E-state index in [1.165, 1.54) is 13.2 Å². The third kappa shape index (κ3) is 8.25. The molecule has 0 bridgehead atoms. The molecular weight excluding hydrogens is 520 g/mol. The Morgan fingerprint density at radius 3 is 2.41 bits per heavy atom. The first-order chi connectivity index (χ1) is 13.2. The third-order valence-electron chi connectivity index (χ3n) is 3.72. The summed E-state index contributed by atoms with van der Waals surface area (Å²) in [7, 11) is 3.04. The van der Waals surface area contributed by atoms with Crippen molar-refractivity contribution in [2.45, 2.75) is 33.1 Å². The molecule has 162 valence electrons. The Kier molecular flexibility index (Phi) is 9.96. The second kappa shape index (κ2) is 11.4. The van der Waals surface area contributed by atoms with E-state index in [-0.39, 0.29) is 35.5 Å². The second-order valence-corrected chi connectivity index (χ2v) is 7.20. The summed E-state index contributed by atoms with van der Waals surface area (Å²) >= 11 is 1.63. The lowest BCUT2D eigenvalue weighted by molar-refractivity contribution is -0.153. The Balaban J connectivity index is 0.00000420. The molecule has 2 rings (SSSR count). The van der Waals surface area contributed by atoms with Crippen LogP contribution in [0.4, 0.5) is 13.2 Å². The van der Waals surface area contributed by atoms with Gasteiger partial charge in [-0.25, -0.2) is 4.98 Å². The van der Waals surface area contributed by atoms with Gasteiger partial charge in [-0.15, -0.1) is 35.3 Å². The maximum absolute atomic E-state index is 12.3. The minimum absolute atomic E-state index is 0. The zero-order chi connectivity index (χ0) is 20.7. The van der Waals surface area contributed by atoms with Crippen LogP contribution in [-0.2, 0) is 13.1 Å². The highest BCUT2D eigenvalue weighted by atomic mass is 127. The lowest BCUT2D eigenvalue weighted by Crippen LogP contribution is -2.36. The van der Waals surface area contributed by atoms with Gasteiger partial charge in [-0.05, 0) is 31.5 Å². The van der Waals surface area contributed by atoms with Gasteiger partial charge < -0.3 is 20.1 Å². The van der Waals surface area contributed by atoms with Crippen molar-refractivity contribution in [3.8, 4) is 11.5 Å². The largest absolute Gasteiger partial charge is 0.493 e. The normalized spacial score (nSPS) is 11.6. The molecule has 0 saturated heterocycles. The molecule has 2 N–H and O–H groups in total. The minimum Gasteiger partial charge on any atom is -0.493 e. The Morgan fingerprint density at radius 1 is 1.17 bits per heavy atom. The lowest BCUT2D eigenvalue weighted by atomic mass is 10.2. The van der Waals surface area contributed by atoms with Crippen LogP contribution in [0.25, 0.3) is 0 Å². The summed E-state index contributed by atoms with van der Waals surface area (Å²) in [6, 6.07) is 4.76. The molecule has 0 spiro atoms. The van der Waals surface area contributed by atoms with Gasteiger partial charge >= 0.3 is 6.18 Å². The molecule has 0 radical (unpaired) electrons. The topological polar surface area (TPSA) is 67.8 Å². The molecule has 0 unspecified atom stereocenters. The van der Waals surface area contributed by atoms with Crippen LogP contribution in [0.1, 0.15) is 21.1 Å². The van der Waals surface area contributed by atoms with Crippen LogP contribution in [0.3, 0.4) is 0 Å². The minimum atomic E-state index is -4.40. The zero-order valence-electron chi connectivity index (χ0n) is 16.5. The SMILES string of the molecule is CN=C(NCc1ccc(OCC(F)(F)F)c(OC)c1)NCc1sc(C)nc1C.I. The van der Waals surface area contributed by atoms with Gasteiger partial charge in [-0.3, -0.25) is 4.99 Å². The molecule has 0 saturated carbocycles. The highest BCUT2D eigenvalue weighted by Crippen LogP contribution is 2.29. The number of hydrogen-bond acceptors (Lipinski definition) is 5. The first-order valence-electron chi connectivity index (χ1n) is 8.45. The van der Waals surface area contributed by atoms with Crippen LogP contribution < -0.4 is 20.1 Å². The summed E-state index contributed by atoms with van der Waals surface area (Å²) in [5.41, 5.74) is 1.80. The molecule has 1 aromatic carbocycles. The maximum atomic E-state index is 12.3. The number of ether oxygens (including phenoxy) is 2. The van der Waals surface area contributed by atoms with E-state index in [0.717, 1.165) is 21.1 Å². The number of thiazole rings is 1. The molecule has 11 heteroatoms. The van der Waals surface area contributed by atoms with Crippen LogP contribution in [-0.4, -0.2) is 37.9 Å². The van der Waals surface area contributed by atoms with E-state index in [2.05, 4.69) is 20.6 Å². The third-order valence-corrected chi connectivity index (χ3v) is 4.79. The average Bonchev–Trinajstić information content (AvgIpc) is 2.97. The molecule has 6 nitrogen and oxygen atoms in total. The monoisotopic (exact) mass is 544 g/mol. The van der Waals surface area contributed by atoms with Gasteiger partial charge in [0.25, 0.3) is 0 Å². The summed E-state index contributed by atoms with van der Waals surface area (Å²) in [4.78, 5) is 9.69. The quantitative estimate of drug-likeness (QED) is 0.311. The van der Waals surface area contributed by atoms with E-state index in [4.69, 9.17) is 9.47 Å². The highest BCUT2D eigenvalue weighted by Gasteiger charge is 2.29. The molecule has 2 aromatic rings. The van der Waals surface area contributed by atoms with Crippen molar-refractivity contribution in [3.63, 3.8) is 0 Å². The van der Waals surface area contributed by atoms with Gasteiger partial charge in [0.15, 0.2) is 24.1 Å². The molecule has 1 aromatic heterocycles. The van der Waals surface area contributed by atoms with Gasteiger partial charge in [0, 0.05) is 18.5 Å². The Labute approximate surface area is 188 Å². The molecule has 1 heterocycles. The first kappa shape index (κ1) is 25.3. The van der Waals surface area contributed by atoms with Crippen molar-refractivity contribution >= 4 is 41.3 Å². The summed E-state index contributed by atoms with van der Waals surface area (Å²) in [5, 5.41) is 7.38. The van der Waals surface area contributed by atoms with Gasteiger partial charge in [0.05, 0.1) is 24.4 Å². The number of hydrogen-bond donors (Lipinski definition) is 2. The Bertz CT molecular complexity index is 828. The molecule has 0 aliphatic rings. The maximum Gasteiger partial charge on any atom is 0.422 e. The van der Waals surface area contributed by atoms with Crippen molar-refractivity contribution in [3.05, 3.63) is 39.3 Å². The molecule has 29 heavy (non-hydrogen) atoms. The number of aliphatic imine (C=N–C) groups is 1. The first-order valence-corrected chi connectivity index (χ1v) is 9.27. The smallest absolute Gasteiger partial charge is 0.422 e. The van der Waals surface area contributed by atoms with E-state index >= 15 is 0 Å². The van der Waals surface area contributed by atoms with Crippen LogP contribution in [0.5, 0.6) is 11.5 Å². The number of nitrogens with zero attached hydrogens (tertiary/aromatic N) is 2. The Hall–Kier alpha value is -1.76. The summed E-state index contributed by atoms with van der Waals surface area (Å²) in [5.74, 6) is 0.881. The predicted octanol–water partition coefficient (Wildman–Crippen LogP) is 4.19. The molecular formula is C18H24F3IN4O2S. The zero-order valence-corrected chi connectivity index (χ0v) is 19.7. The Morgan fingerprint density at radius 2 is 1.86 bits per heavy atom. The molecule has 0 amide bonds. The van der Waals surface area contributed by atoms with Crippen molar-refractivity contribution in [1.29, 1.82) is 0 Å². The summed E-state index contributed by atoms with van der Waals surface area (Å²) < 4.78 is 46.9. The van der Waals surface area contributed by atoms with E-state index < -0.39 is 12.8 Å². The predicted molar refractivity (Wildman–Crippen MR) is 119 cm³/mol. The lowest BCUT2D eigenvalue weighted by Gasteiger charge is -2.15. The standard InChI is InChI=1S/C18H23F3N4O2S.HI/c1-11-16(28-12(2)25-11)9-24-17(22-3)23-8-13-5-6-14(15(7-13)26-4)27-10-18(19,20)21;/h5-7H,8-10H2,1-4H3,(H2,22,23,24);1H. The number of benzene rings is 1. The fraction of sp³-hybridized carbons (Fsp3) is 0.444. The number of guanidine groups is 1. The van der Waals surface area contributed by atoms with Crippen molar-refractivity contribution < 1.29 is 22.6 Å².